The monoisotopic (exact) mass is 313 g/mol. The number of benzene rings is 2. The Balaban J connectivity index is 1.92. The van der Waals surface area contributed by atoms with E-state index in [2.05, 4.69) is 14.7 Å². The maximum absolute atomic E-state index is 10.9. The highest BCUT2D eigenvalue weighted by Crippen LogP contribution is 2.33. The van der Waals surface area contributed by atoms with Gasteiger partial charge in [0, 0.05) is 24.6 Å². The van der Waals surface area contributed by atoms with Crippen molar-refractivity contribution < 1.29 is 4.92 Å². The number of hydrogen-bond acceptors (Lipinski definition) is 6. The smallest absolute Gasteiger partial charge is 0.258 e. The summed E-state index contributed by atoms with van der Waals surface area (Å²) in [5.74, 6) is 0. The Hall–Kier alpha value is -2.87. The molecule has 0 aliphatic rings. The highest BCUT2D eigenvalue weighted by atomic mass is 32.1. The lowest BCUT2D eigenvalue weighted by molar-refractivity contribution is -0.384. The minimum Gasteiger partial charge on any atom is -0.258 e. The molecule has 0 saturated heterocycles. The first-order chi connectivity index (χ1) is 10.6. The number of para-hydroxylation sites is 1. The van der Waals surface area contributed by atoms with Crippen LogP contribution in [0, 0.1) is 10.1 Å². The molecule has 110 valence electrons. The molecule has 0 spiro atoms. The normalized spacial score (nSPS) is 11.1. The predicted octanol–water partition coefficient (Wildman–Crippen LogP) is 4.34. The van der Waals surface area contributed by atoms with Gasteiger partial charge in [0.2, 0.25) is 0 Å². The molecule has 0 saturated carbocycles. The second-order valence-electron chi connectivity index (χ2n) is 4.49. The van der Waals surface area contributed by atoms with E-state index in [1.165, 1.54) is 12.1 Å². The van der Waals surface area contributed by atoms with Crippen molar-refractivity contribution in [3.8, 4) is 0 Å². The molecule has 0 atom stereocenters. The Morgan fingerprint density at radius 1 is 1.23 bits per heavy atom. The molecule has 2 aromatic carbocycles. The zero-order valence-electron chi connectivity index (χ0n) is 11.6. The number of fused-ring (bicyclic) bond motifs is 1. The standard InChI is InChI=1S/C14H11N5O2S/c1-18(10-5-3-2-4-6-10)17-15-14-12-9-11(19(20)21)7-8-13(12)16-22-14/h2-9H,1H3. The third kappa shape index (κ3) is 2.77. The van der Waals surface area contributed by atoms with Crippen LogP contribution in [-0.4, -0.2) is 16.3 Å². The van der Waals surface area contributed by atoms with Crippen molar-refractivity contribution >= 4 is 38.8 Å². The number of non-ortho nitro benzene ring substituents is 1. The molecule has 0 radical (unpaired) electrons. The number of rotatable bonds is 4. The number of nitro benzene ring substituents is 1. The molecule has 0 amide bonds. The summed E-state index contributed by atoms with van der Waals surface area (Å²) in [7, 11) is 1.78. The lowest BCUT2D eigenvalue weighted by Crippen LogP contribution is -2.06. The molecular weight excluding hydrogens is 302 g/mol. The first-order valence-corrected chi connectivity index (χ1v) is 7.17. The average molecular weight is 313 g/mol. The van der Waals surface area contributed by atoms with Crippen molar-refractivity contribution in [2.24, 2.45) is 10.3 Å². The minimum absolute atomic E-state index is 0.0144. The van der Waals surface area contributed by atoms with Crippen LogP contribution >= 0.6 is 11.5 Å². The van der Waals surface area contributed by atoms with Gasteiger partial charge in [-0.25, -0.2) is 5.01 Å². The summed E-state index contributed by atoms with van der Waals surface area (Å²) < 4.78 is 4.22. The Morgan fingerprint density at radius 3 is 2.73 bits per heavy atom. The van der Waals surface area contributed by atoms with Gasteiger partial charge >= 0.3 is 0 Å². The molecule has 22 heavy (non-hydrogen) atoms. The second-order valence-corrected chi connectivity index (χ2v) is 5.25. The zero-order chi connectivity index (χ0) is 15.5. The van der Waals surface area contributed by atoms with Crippen LogP contribution in [0.15, 0.2) is 58.9 Å². The molecule has 0 bridgehead atoms. The molecule has 0 N–H and O–H groups in total. The summed E-state index contributed by atoms with van der Waals surface area (Å²) in [6.07, 6.45) is 0. The maximum Gasteiger partial charge on any atom is 0.270 e. The van der Waals surface area contributed by atoms with E-state index in [-0.39, 0.29) is 5.69 Å². The Kier molecular flexibility index (Phi) is 3.75. The summed E-state index contributed by atoms with van der Waals surface area (Å²) >= 11 is 1.16. The molecule has 0 unspecified atom stereocenters. The lowest BCUT2D eigenvalue weighted by atomic mass is 10.2. The number of aromatic nitrogens is 1. The molecule has 1 heterocycles. The van der Waals surface area contributed by atoms with Crippen molar-refractivity contribution in [1.29, 1.82) is 0 Å². The van der Waals surface area contributed by atoms with E-state index in [1.54, 1.807) is 18.1 Å². The van der Waals surface area contributed by atoms with Gasteiger partial charge in [-0.05, 0) is 29.7 Å². The number of nitro groups is 1. The fourth-order valence-electron chi connectivity index (χ4n) is 1.91. The molecule has 0 aliphatic heterocycles. The number of anilines is 1. The van der Waals surface area contributed by atoms with Crippen molar-refractivity contribution in [3.05, 3.63) is 58.6 Å². The molecule has 1 aromatic heterocycles. The fraction of sp³-hybridized carbons (Fsp3) is 0.0714. The summed E-state index contributed by atoms with van der Waals surface area (Å²) in [5, 5.41) is 21.9. The van der Waals surface area contributed by atoms with Gasteiger partial charge in [0.25, 0.3) is 5.69 Å². The zero-order valence-corrected chi connectivity index (χ0v) is 12.4. The van der Waals surface area contributed by atoms with Crippen LogP contribution in [0.1, 0.15) is 0 Å². The molecule has 8 heteroatoms. The van der Waals surface area contributed by atoms with Crippen molar-refractivity contribution in [1.82, 2.24) is 4.37 Å². The van der Waals surface area contributed by atoms with Crippen LogP contribution in [0.25, 0.3) is 10.9 Å². The van der Waals surface area contributed by atoms with Gasteiger partial charge in [-0.3, -0.25) is 10.1 Å². The van der Waals surface area contributed by atoms with Gasteiger partial charge in [-0.15, -0.1) is 5.11 Å². The summed E-state index contributed by atoms with van der Waals surface area (Å²) in [5.41, 5.74) is 1.58. The largest absolute Gasteiger partial charge is 0.270 e. The topological polar surface area (TPSA) is 84.0 Å². The first-order valence-electron chi connectivity index (χ1n) is 6.39. The Bertz CT molecular complexity index is 847. The van der Waals surface area contributed by atoms with Crippen LogP contribution in [0.4, 0.5) is 16.4 Å². The van der Waals surface area contributed by atoms with Gasteiger partial charge in [-0.2, -0.15) is 4.37 Å². The van der Waals surface area contributed by atoms with Crippen LogP contribution in [0.3, 0.4) is 0 Å². The van der Waals surface area contributed by atoms with Crippen LogP contribution < -0.4 is 5.01 Å². The summed E-state index contributed by atoms with van der Waals surface area (Å²) in [4.78, 5) is 10.4. The molecule has 3 aromatic rings. The van der Waals surface area contributed by atoms with Crippen LogP contribution in [0.2, 0.25) is 0 Å². The average Bonchev–Trinajstić information content (AvgIpc) is 2.95. The van der Waals surface area contributed by atoms with E-state index >= 15 is 0 Å². The molecule has 7 nitrogen and oxygen atoms in total. The number of hydrogen-bond donors (Lipinski definition) is 0. The molecule has 0 aliphatic carbocycles. The van der Waals surface area contributed by atoms with Crippen LogP contribution in [0.5, 0.6) is 0 Å². The third-order valence-corrected chi connectivity index (χ3v) is 3.81. The third-order valence-electron chi connectivity index (χ3n) is 3.05. The van der Waals surface area contributed by atoms with Gasteiger partial charge in [0.1, 0.15) is 0 Å². The SMILES string of the molecule is CN(N=Nc1snc2ccc([N+](=O)[O-])cc12)c1ccccc1. The van der Waals surface area contributed by atoms with E-state index < -0.39 is 4.92 Å². The molecular formula is C14H11N5O2S. The van der Waals surface area contributed by atoms with Gasteiger partial charge < -0.3 is 0 Å². The van der Waals surface area contributed by atoms with Gasteiger partial charge in [0.15, 0.2) is 5.00 Å². The first kappa shape index (κ1) is 14.1. The highest BCUT2D eigenvalue weighted by Gasteiger charge is 2.12. The quantitative estimate of drug-likeness (QED) is 0.407. The van der Waals surface area contributed by atoms with E-state index in [4.69, 9.17) is 0 Å². The maximum atomic E-state index is 10.9. The minimum atomic E-state index is -0.436. The highest BCUT2D eigenvalue weighted by molar-refractivity contribution is 7.11. The van der Waals surface area contributed by atoms with Crippen LogP contribution in [-0.2, 0) is 0 Å². The second kappa shape index (κ2) is 5.86. The fourth-order valence-corrected chi connectivity index (χ4v) is 2.58. The van der Waals surface area contributed by atoms with E-state index in [0.29, 0.717) is 15.9 Å². The van der Waals surface area contributed by atoms with Crippen molar-refractivity contribution in [2.45, 2.75) is 0 Å². The molecule has 3 rings (SSSR count). The summed E-state index contributed by atoms with van der Waals surface area (Å²) in [6.45, 7) is 0. The van der Waals surface area contributed by atoms with Gasteiger partial charge in [-0.1, -0.05) is 23.4 Å². The van der Waals surface area contributed by atoms with Gasteiger partial charge in [0.05, 0.1) is 16.1 Å². The van der Waals surface area contributed by atoms with E-state index in [1.807, 2.05) is 30.3 Å². The van der Waals surface area contributed by atoms with Crippen molar-refractivity contribution in [2.75, 3.05) is 12.1 Å². The summed E-state index contributed by atoms with van der Waals surface area (Å²) in [6, 6.07) is 14.1. The Morgan fingerprint density at radius 2 is 2.00 bits per heavy atom. The molecule has 0 fully saturated rings. The van der Waals surface area contributed by atoms with E-state index in [9.17, 15) is 10.1 Å². The number of nitrogens with zero attached hydrogens (tertiary/aromatic N) is 5. The van der Waals surface area contributed by atoms with E-state index in [0.717, 1.165) is 17.2 Å². The predicted molar refractivity (Wildman–Crippen MR) is 85.6 cm³/mol. The van der Waals surface area contributed by atoms with Crippen molar-refractivity contribution in [3.63, 3.8) is 0 Å². The lowest BCUT2D eigenvalue weighted by Gasteiger charge is -2.09. The Labute approximate surface area is 129 Å².